The molecule has 3 nitrogen and oxygen atoms in total. The third-order valence-electron chi connectivity index (χ3n) is 3.20. The first kappa shape index (κ1) is 12.2. The third-order valence-corrected chi connectivity index (χ3v) is 3.20. The summed E-state index contributed by atoms with van der Waals surface area (Å²) in [6, 6.07) is 6.39. The zero-order valence-corrected chi connectivity index (χ0v) is 10.9. The molecule has 1 aromatic carbocycles. The van der Waals surface area contributed by atoms with Crippen molar-refractivity contribution in [1.82, 2.24) is 0 Å². The number of benzene rings is 1. The molecule has 1 saturated heterocycles. The summed E-state index contributed by atoms with van der Waals surface area (Å²) in [5.74, 6) is 1.50. The largest absolute Gasteiger partial charge is 0.494 e. The minimum absolute atomic E-state index is 0.478. The number of methoxy groups -OCH3 is 1. The van der Waals surface area contributed by atoms with Gasteiger partial charge < -0.3 is 14.4 Å². The van der Waals surface area contributed by atoms with Crippen LogP contribution in [0.2, 0.25) is 0 Å². The van der Waals surface area contributed by atoms with E-state index in [9.17, 15) is 0 Å². The minimum Gasteiger partial charge on any atom is -0.494 e. The normalized spacial score (nSPS) is 16.4. The van der Waals surface area contributed by atoms with Gasteiger partial charge in [0.05, 0.1) is 26.0 Å². The number of para-hydroxylation sites is 1. The Kier molecular flexibility index (Phi) is 3.89. The quantitative estimate of drug-likeness (QED) is 0.804. The van der Waals surface area contributed by atoms with Gasteiger partial charge in [-0.3, -0.25) is 0 Å². The second-order valence-corrected chi connectivity index (χ2v) is 4.65. The van der Waals surface area contributed by atoms with Crippen molar-refractivity contribution in [1.29, 1.82) is 0 Å². The zero-order chi connectivity index (χ0) is 12.3. The Hall–Kier alpha value is -1.22. The van der Waals surface area contributed by atoms with Gasteiger partial charge in [0.15, 0.2) is 0 Å². The average Bonchev–Trinajstić information content (AvgIpc) is 2.38. The second kappa shape index (κ2) is 5.41. The van der Waals surface area contributed by atoms with Crippen molar-refractivity contribution in [3.05, 3.63) is 23.8 Å². The lowest BCUT2D eigenvalue weighted by Crippen LogP contribution is -2.36. The number of nitrogens with zero attached hydrogens (tertiary/aromatic N) is 1. The molecule has 0 bridgehead atoms. The molecule has 0 radical (unpaired) electrons. The van der Waals surface area contributed by atoms with Crippen molar-refractivity contribution in [2.45, 2.75) is 19.8 Å². The topological polar surface area (TPSA) is 21.7 Å². The molecule has 0 unspecified atom stereocenters. The van der Waals surface area contributed by atoms with Crippen LogP contribution in [0.3, 0.4) is 0 Å². The maximum atomic E-state index is 5.61. The van der Waals surface area contributed by atoms with Crippen LogP contribution in [0.5, 0.6) is 5.75 Å². The predicted molar refractivity (Wildman–Crippen MR) is 70.1 cm³/mol. The van der Waals surface area contributed by atoms with Gasteiger partial charge >= 0.3 is 0 Å². The van der Waals surface area contributed by atoms with Crippen molar-refractivity contribution in [3.8, 4) is 5.75 Å². The van der Waals surface area contributed by atoms with Crippen molar-refractivity contribution in [2.75, 3.05) is 38.3 Å². The molecule has 0 aromatic heterocycles. The molecule has 17 heavy (non-hydrogen) atoms. The van der Waals surface area contributed by atoms with Crippen molar-refractivity contribution in [2.24, 2.45) is 0 Å². The molecule has 1 fully saturated rings. The summed E-state index contributed by atoms with van der Waals surface area (Å²) in [4.78, 5) is 2.34. The van der Waals surface area contributed by atoms with Gasteiger partial charge in [-0.05, 0) is 17.5 Å². The highest BCUT2D eigenvalue weighted by Crippen LogP contribution is 2.36. The van der Waals surface area contributed by atoms with Gasteiger partial charge in [-0.15, -0.1) is 0 Å². The van der Waals surface area contributed by atoms with E-state index in [0.717, 1.165) is 32.1 Å². The van der Waals surface area contributed by atoms with Crippen molar-refractivity contribution in [3.63, 3.8) is 0 Å². The van der Waals surface area contributed by atoms with Gasteiger partial charge in [-0.25, -0.2) is 0 Å². The number of hydrogen-bond acceptors (Lipinski definition) is 3. The number of morpholine rings is 1. The molecular weight excluding hydrogens is 214 g/mol. The minimum atomic E-state index is 0.478. The van der Waals surface area contributed by atoms with E-state index in [-0.39, 0.29) is 0 Å². The second-order valence-electron chi connectivity index (χ2n) is 4.65. The van der Waals surface area contributed by atoms with Gasteiger partial charge in [-0.1, -0.05) is 26.0 Å². The molecule has 3 heteroatoms. The van der Waals surface area contributed by atoms with E-state index in [4.69, 9.17) is 9.47 Å². The van der Waals surface area contributed by atoms with Crippen LogP contribution in [0.4, 0.5) is 5.69 Å². The fraction of sp³-hybridized carbons (Fsp3) is 0.571. The first-order chi connectivity index (χ1) is 8.24. The molecular formula is C14H21NO2. The molecule has 1 heterocycles. The first-order valence-corrected chi connectivity index (χ1v) is 6.23. The number of hydrogen-bond donors (Lipinski definition) is 0. The van der Waals surface area contributed by atoms with Gasteiger partial charge in [-0.2, -0.15) is 0 Å². The summed E-state index contributed by atoms with van der Waals surface area (Å²) in [6.07, 6.45) is 0. The van der Waals surface area contributed by atoms with E-state index >= 15 is 0 Å². The maximum absolute atomic E-state index is 5.61. The van der Waals surface area contributed by atoms with Gasteiger partial charge in [0.25, 0.3) is 0 Å². The molecule has 1 aliphatic heterocycles. The van der Waals surface area contributed by atoms with E-state index < -0.39 is 0 Å². The van der Waals surface area contributed by atoms with Gasteiger partial charge in [0.1, 0.15) is 5.75 Å². The lowest BCUT2D eigenvalue weighted by molar-refractivity contribution is 0.122. The summed E-state index contributed by atoms with van der Waals surface area (Å²) in [5.41, 5.74) is 2.47. The van der Waals surface area contributed by atoms with Crippen LogP contribution in [0.1, 0.15) is 25.3 Å². The van der Waals surface area contributed by atoms with Crippen LogP contribution in [0.25, 0.3) is 0 Å². The van der Waals surface area contributed by atoms with Crippen LogP contribution in [-0.4, -0.2) is 33.4 Å². The Morgan fingerprint density at radius 1 is 1.24 bits per heavy atom. The summed E-state index contributed by atoms with van der Waals surface area (Å²) < 4.78 is 11.0. The Balaban J connectivity index is 2.35. The Labute approximate surface area is 103 Å². The van der Waals surface area contributed by atoms with Crippen LogP contribution in [0, 0.1) is 0 Å². The Morgan fingerprint density at radius 2 is 1.94 bits per heavy atom. The fourth-order valence-electron chi connectivity index (χ4n) is 2.27. The molecule has 0 atom stereocenters. The number of ether oxygens (including phenoxy) is 2. The molecule has 2 rings (SSSR count). The zero-order valence-electron chi connectivity index (χ0n) is 10.9. The van der Waals surface area contributed by atoms with Crippen LogP contribution in [0.15, 0.2) is 18.2 Å². The van der Waals surface area contributed by atoms with Crippen LogP contribution >= 0.6 is 0 Å². The first-order valence-electron chi connectivity index (χ1n) is 6.23. The summed E-state index contributed by atoms with van der Waals surface area (Å²) in [6.45, 7) is 7.88. The van der Waals surface area contributed by atoms with Gasteiger partial charge in [0.2, 0.25) is 0 Å². The summed E-state index contributed by atoms with van der Waals surface area (Å²) in [5, 5.41) is 0. The fourth-order valence-corrected chi connectivity index (χ4v) is 2.27. The third kappa shape index (κ3) is 2.55. The Bertz CT molecular complexity index is 370. The van der Waals surface area contributed by atoms with E-state index in [1.165, 1.54) is 11.3 Å². The highest BCUT2D eigenvalue weighted by Gasteiger charge is 2.18. The SMILES string of the molecule is COc1c(C(C)C)cccc1N1CCOCC1. The summed E-state index contributed by atoms with van der Waals surface area (Å²) >= 11 is 0. The molecule has 0 aliphatic carbocycles. The molecule has 0 N–H and O–H groups in total. The molecule has 1 aromatic rings. The standard InChI is InChI=1S/C14H21NO2/c1-11(2)12-5-4-6-13(14(12)16-3)15-7-9-17-10-8-15/h4-6,11H,7-10H2,1-3H3. The van der Waals surface area contributed by atoms with Gasteiger partial charge in [0, 0.05) is 13.1 Å². The highest BCUT2D eigenvalue weighted by molar-refractivity contribution is 5.62. The molecule has 1 aliphatic rings. The van der Waals surface area contributed by atoms with Crippen LogP contribution < -0.4 is 9.64 Å². The number of anilines is 1. The van der Waals surface area contributed by atoms with Crippen molar-refractivity contribution < 1.29 is 9.47 Å². The van der Waals surface area contributed by atoms with Crippen molar-refractivity contribution >= 4 is 5.69 Å². The molecule has 0 spiro atoms. The predicted octanol–water partition coefficient (Wildman–Crippen LogP) is 2.66. The van der Waals surface area contributed by atoms with E-state index in [1.807, 2.05) is 0 Å². The monoisotopic (exact) mass is 235 g/mol. The summed E-state index contributed by atoms with van der Waals surface area (Å²) in [7, 11) is 1.76. The molecule has 94 valence electrons. The average molecular weight is 235 g/mol. The molecule has 0 amide bonds. The van der Waals surface area contributed by atoms with E-state index in [2.05, 4.69) is 36.9 Å². The maximum Gasteiger partial charge on any atom is 0.145 e. The van der Waals surface area contributed by atoms with E-state index in [0.29, 0.717) is 5.92 Å². The van der Waals surface area contributed by atoms with E-state index in [1.54, 1.807) is 7.11 Å². The highest BCUT2D eigenvalue weighted by atomic mass is 16.5. The lowest BCUT2D eigenvalue weighted by Gasteiger charge is -2.31. The van der Waals surface area contributed by atoms with Crippen LogP contribution in [-0.2, 0) is 4.74 Å². The molecule has 0 saturated carbocycles. The lowest BCUT2D eigenvalue weighted by atomic mass is 10.0. The number of rotatable bonds is 3. The smallest absolute Gasteiger partial charge is 0.145 e. The Morgan fingerprint density at radius 3 is 2.53 bits per heavy atom.